The van der Waals surface area contributed by atoms with E-state index in [4.69, 9.17) is 4.42 Å². The molecule has 0 unspecified atom stereocenters. The number of carbonyl (C=O) groups is 1. The van der Waals surface area contributed by atoms with Gasteiger partial charge in [-0.05, 0) is 44.5 Å². The average Bonchev–Trinajstić information content (AvgIpc) is 3.22. The first-order valence-electron chi connectivity index (χ1n) is 9.02. The number of furan rings is 1. The fourth-order valence-electron chi connectivity index (χ4n) is 3.52. The maximum Gasteiger partial charge on any atom is 0.256 e. The van der Waals surface area contributed by atoms with Crippen molar-refractivity contribution in [3.8, 4) is 0 Å². The molecule has 0 fully saturated rings. The molecule has 0 saturated heterocycles. The minimum Gasteiger partial charge on any atom is -0.464 e. The summed E-state index contributed by atoms with van der Waals surface area (Å²) in [6.45, 7) is 6.09. The zero-order valence-electron chi connectivity index (χ0n) is 16.2. The molecule has 0 radical (unpaired) electrons. The van der Waals surface area contributed by atoms with E-state index in [1.165, 1.54) is 0 Å². The highest BCUT2D eigenvalue weighted by Crippen LogP contribution is 2.33. The fraction of sp³-hybridized carbons (Fsp3) is 0.286. The van der Waals surface area contributed by atoms with Crippen molar-refractivity contribution < 1.29 is 9.21 Å². The molecule has 0 aliphatic carbocycles. The van der Waals surface area contributed by atoms with E-state index < -0.39 is 16.4 Å². The van der Waals surface area contributed by atoms with Crippen LogP contribution in [0, 0.1) is 6.92 Å². The second kappa shape index (κ2) is 6.09. The van der Waals surface area contributed by atoms with Crippen LogP contribution in [-0.4, -0.2) is 17.9 Å². The maximum absolute atomic E-state index is 12.4. The molecule has 144 valence electrons. The van der Waals surface area contributed by atoms with E-state index in [9.17, 15) is 14.4 Å². The molecule has 0 spiro atoms. The summed E-state index contributed by atoms with van der Waals surface area (Å²) in [6.07, 6.45) is 0. The number of aryl methyl sites for hydroxylation is 1. The van der Waals surface area contributed by atoms with Gasteiger partial charge in [-0.25, -0.2) is 0 Å². The number of carbonyl (C=O) groups excluding carboxylic acids is 1. The Morgan fingerprint density at radius 2 is 1.75 bits per heavy atom. The van der Waals surface area contributed by atoms with Gasteiger partial charge in [-0.2, -0.15) is 0 Å². The molecule has 1 aliphatic heterocycles. The molecule has 1 amide bonds. The molecule has 2 N–H and O–H groups in total. The lowest BCUT2D eigenvalue weighted by atomic mass is 9.99. The van der Waals surface area contributed by atoms with Crippen molar-refractivity contribution in [2.24, 2.45) is 0 Å². The minimum absolute atomic E-state index is 0.113. The fourth-order valence-corrected chi connectivity index (χ4v) is 3.52. The van der Waals surface area contributed by atoms with Crippen LogP contribution in [0.3, 0.4) is 0 Å². The highest BCUT2D eigenvalue weighted by atomic mass is 16.3. The number of amides is 1. The normalized spacial score (nSPS) is 13.9. The number of hydrogen-bond donors (Lipinski definition) is 2. The molecule has 7 heteroatoms. The first kappa shape index (κ1) is 18.0. The number of nitrogens with zero attached hydrogens (tertiary/aromatic N) is 1. The van der Waals surface area contributed by atoms with Gasteiger partial charge in [-0.15, -0.1) is 0 Å². The van der Waals surface area contributed by atoms with Gasteiger partial charge in [0, 0.05) is 13.6 Å². The summed E-state index contributed by atoms with van der Waals surface area (Å²) in [6, 6.07) is 9.11. The number of rotatable bonds is 5. The van der Waals surface area contributed by atoms with Crippen LogP contribution < -0.4 is 21.5 Å². The quantitative estimate of drug-likeness (QED) is 0.663. The summed E-state index contributed by atoms with van der Waals surface area (Å²) in [5, 5.41) is 6.13. The van der Waals surface area contributed by atoms with Crippen LogP contribution in [0.25, 0.3) is 0 Å². The lowest BCUT2D eigenvalue weighted by Crippen LogP contribution is -2.41. The molecule has 1 aliphatic rings. The molecular formula is C21H21N3O4. The van der Waals surface area contributed by atoms with Crippen molar-refractivity contribution in [3.63, 3.8) is 0 Å². The molecule has 1 aromatic heterocycles. The second-order valence-electron chi connectivity index (χ2n) is 7.69. The van der Waals surface area contributed by atoms with Crippen LogP contribution in [-0.2, 0) is 12.1 Å². The van der Waals surface area contributed by atoms with Crippen LogP contribution in [0.5, 0.6) is 0 Å². The first-order valence-corrected chi connectivity index (χ1v) is 9.02. The molecule has 4 rings (SSSR count). The van der Waals surface area contributed by atoms with E-state index in [-0.39, 0.29) is 17.3 Å². The van der Waals surface area contributed by atoms with Gasteiger partial charge in [0.15, 0.2) is 0 Å². The zero-order chi connectivity index (χ0) is 20.2. The second-order valence-corrected chi connectivity index (χ2v) is 7.69. The number of anilines is 3. The maximum atomic E-state index is 12.4. The van der Waals surface area contributed by atoms with Crippen molar-refractivity contribution in [1.82, 2.24) is 4.90 Å². The van der Waals surface area contributed by atoms with Gasteiger partial charge in [0.25, 0.3) is 16.8 Å². The Kier molecular flexibility index (Phi) is 3.92. The van der Waals surface area contributed by atoms with E-state index >= 15 is 0 Å². The van der Waals surface area contributed by atoms with E-state index in [2.05, 4.69) is 10.6 Å². The predicted octanol–water partition coefficient (Wildman–Crippen LogP) is 2.86. The third-order valence-electron chi connectivity index (χ3n) is 5.08. The van der Waals surface area contributed by atoms with Gasteiger partial charge in [0.2, 0.25) is 0 Å². The Hall–Kier alpha value is -3.35. The number of benzene rings is 1. The molecule has 7 nitrogen and oxygen atoms in total. The zero-order valence-corrected chi connectivity index (χ0v) is 16.2. The Labute approximate surface area is 161 Å². The summed E-state index contributed by atoms with van der Waals surface area (Å²) >= 11 is 0. The summed E-state index contributed by atoms with van der Waals surface area (Å²) in [4.78, 5) is 38.5. The third kappa shape index (κ3) is 2.70. The standard InChI is InChI=1S/C21H21N3O4/c1-11-8-9-14(28-11)21(2,3)23-17-16(18(25)19(17)26)22-13-7-5-6-12-10-24(4)20(27)15(12)13/h5-9,22-23H,10H2,1-4H3. The summed E-state index contributed by atoms with van der Waals surface area (Å²) < 4.78 is 5.67. The van der Waals surface area contributed by atoms with Crippen molar-refractivity contribution in [2.45, 2.75) is 32.9 Å². The summed E-state index contributed by atoms with van der Waals surface area (Å²) in [7, 11) is 1.73. The Balaban J connectivity index is 1.67. The third-order valence-corrected chi connectivity index (χ3v) is 5.08. The van der Waals surface area contributed by atoms with Gasteiger partial charge < -0.3 is 20.0 Å². The van der Waals surface area contributed by atoms with E-state index in [0.29, 0.717) is 23.6 Å². The van der Waals surface area contributed by atoms with Crippen molar-refractivity contribution in [3.05, 3.63) is 73.4 Å². The van der Waals surface area contributed by atoms with Crippen molar-refractivity contribution in [1.29, 1.82) is 0 Å². The van der Waals surface area contributed by atoms with E-state index in [1.807, 2.05) is 45.0 Å². The molecule has 0 saturated carbocycles. The van der Waals surface area contributed by atoms with Crippen LogP contribution in [0.2, 0.25) is 0 Å². The number of fused-ring (bicyclic) bond motifs is 1. The molecule has 3 aromatic rings. The van der Waals surface area contributed by atoms with Crippen LogP contribution in [0.15, 0.2) is 44.3 Å². The molecule has 2 aromatic carbocycles. The van der Waals surface area contributed by atoms with Crippen molar-refractivity contribution >= 4 is 23.0 Å². The van der Waals surface area contributed by atoms with Crippen molar-refractivity contribution in [2.75, 3.05) is 17.7 Å². The molecule has 0 atom stereocenters. The number of nitrogens with one attached hydrogen (secondary N) is 2. The summed E-state index contributed by atoms with van der Waals surface area (Å²) in [5.74, 6) is 1.30. The Morgan fingerprint density at radius 1 is 1.04 bits per heavy atom. The molecule has 28 heavy (non-hydrogen) atoms. The van der Waals surface area contributed by atoms with E-state index in [0.717, 1.165) is 11.3 Å². The average molecular weight is 379 g/mol. The highest BCUT2D eigenvalue weighted by Gasteiger charge is 2.32. The van der Waals surface area contributed by atoms with E-state index in [1.54, 1.807) is 18.0 Å². The lowest BCUT2D eigenvalue weighted by molar-refractivity contribution is 0.0817. The number of hydrogen-bond acceptors (Lipinski definition) is 6. The van der Waals surface area contributed by atoms with Crippen LogP contribution in [0.4, 0.5) is 17.1 Å². The highest BCUT2D eigenvalue weighted by molar-refractivity contribution is 6.04. The first-order chi connectivity index (χ1) is 13.2. The van der Waals surface area contributed by atoms with Gasteiger partial charge in [0.05, 0.1) is 16.8 Å². The van der Waals surface area contributed by atoms with Gasteiger partial charge in [-0.3, -0.25) is 14.4 Å². The topological polar surface area (TPSA) is 91.6 Å². The largest absolute Gasteiger partial charge is 0.464 e. The SMILES string of the molecule is Cc1ccc(C(C)(C)Nc2c(Nc3cccc4c3C(=O)N(C)C4)c(=O)c2=O)o1. The van der Waals surface area contributed by atoms with Crippen LogP contribution >= 0.6 is 0 Å². The Bertz CT molecular complexity index is 1170. The predicted molar refractivity (Wildman–Crippen MR) is 107 cm³/mol. The van der Waals surface area contributed by atoms with Gasteiger partial charge >= 0.3 is 0 Å². The summed E-state index contributed by atoms with van der Waals surface area (Å²) in [5.41, 5.74) is 0.412. The molecular weight excluding hydrogens is 358 g/mol. The minimum atomic E-state index is -0.693. The Morgan fingerprint density at radius 3 is 2.43 bits per heavy atom. The molecule has 0 bridgehead atoms. The lowest BCUT2D eigenvalue weighted by Gasteiger charge is -2.27. The van der Waals surface area contributed by atoms with Gasteiger partial charge in [0.1, 0.15) is 22.9 Å². The molecule has 2 heterocycles. The van der Waals surface area contributed by atoms with Gasteiger partial charge in [-0.1, -0.05) is 12.1 Å². The monoisotopic (exact) mass is 379 g/mol. The van der Waals surface area contributed by atoms with Crippen LogP contribution in [0.1, 0.15) is 41.3 Å². The smallest absolute Gasteiger partial charge is 0.256 e.